The molecule has 7 amide bonds. The molecule has 25 N–H and O–H groups in total. The Morgan fingerprint density at radius 1 is 0.470 bits per heavy atom. The van der Waals surface area contributed by atoms with Crippen molar-refractivity contribution in [1.82, 2.24) is 42.5 Å². The Morgan fingerprint density at radius 2 is 1.04 bits per heavy atom. The molecule has 24 atom stereocenters. The fourth-order valence-electron chi connectivity index (χ4n) is 16.3. The lowest BCUT2D eigenvalue weighted by Gasteiger charge is -2.43. The van der Waals surface area contributed by atoms with Crippen LogP contribution in [0.2, 0.25) is 25.1 Å². The smallest absolute Gasteiger partial charge is 0.335 e. The van der Waals surface area contributed by atoms with E-state index in [2.05, 4.69) is 42.5 Å². The maximum Gasteiger partial charge on any atom is 0.335 e. The molecule has 17 bridgehead atoms. The van der Waals surface area contributed by atoms with Crippen LogP contribution in [-0.2, 0) is 62.1 Å². The predicted octanol–water partition coefficient (Wildman–Crippen LogP) is 2.29. The van der Waals surface area contributed by atoms with E-state index < -0.39 is 346 Å². The number of rotatable bonds is 18. The van der Waals surface area contributed by atoms with Gasteiger partial charge < -0.3 is 172 Å². The number of benzene rings is 7. The van der Waals surface area contributed by atoms with Gasteiger partial charge in [-0.05, 0) is 120 Å². The first-order chi connectivity index (χ1) is 63.6. The molecule has 9 aliphatic heterocycles. The van der Waals surface area contributed by atoms with Gasteiger partial charge in [-0.1, -0.05) is 103 Å². The number of halogens is 5. The Balaban J connectivity index is 1.06. The number of nitrogens with one attached hydrogen (secondary N) is 8. The first-order valence-electron chi connectivity index (χ1n) is 41.4. The summed E-state index contributed by atoms with van der Waals surface area (Å²) in [6.45, 7) is 1.77. The highest BCUT2D eigenvalue weighted by Crippen LogP contribution is 2.53. The monoisotopic (exact) mass is 1970 g/mol. The minimum atomic E-state index is -2.79. The van der Waals surface area contributed by atoms with E-state index in [1.807, 2.05) is 13.8 Å². The number of likely N-dealkylation sites (N-methyl/N-ethyl adjacent to an activating group) is 1. The molecule has 0 aliphatic carbocycles. The predicted molar refractivity (Wildman–Crippen MR) is 459 cm³/mol. The average molecular weight is 1970 g/mol. The molecule has 3 fully saturated rings. The number of phenols is 4. The Labute approximate surface area is 782 Å². The SMILES string of the molecule is CN[C@@H]1C(=O)N[C@H]2C(=O)N[C@H](C(=O)N[C@H]3C(=O)N[C@H]4C(=O)N[C@H](C(=O)N[C@H](C(=O)O)c5cc(O)cc(O)c5-c5cc4cc(Cl)c5O[C@@H]4O[C@H](CO)[C@@H](O)[C@H](O)[C@H]4O)[C@H](O[C@H]4O[C@H](C(=O)O)[C@@H](O)[C@H](O)[C@H]4NC(=O)CCCCCC(C)C)c4cc(Cl)c(c(Cl)c4)Oc4cc3cc(c4O[C@@H]3O[C@H](CO)[C@@H](O)[C@H](O)[C@@H]3O)Oc3ccc(cc3Cl)[C@H]2O)c2cc(cc(O)c2Cl)Oc2cc1ccc2O. The van der Waals surface area contributed by atoms with Gasteiger partial charge in [0, 0.05) is 40.8 Å². The highest BCUT2D eigenvalue weighted by molar-refractivity contribution is 6.37. The molecule has 0 radical (unpaired) electrons. The highest BCUT2D eigenvalue weighted by atomic mass is 35.5. The minimum absolute atomic E-state index is 0.0419. The largest absolute Gasteiger partial charge is 0.508 e. The summed E-state index contributed by atoms with van der Waals surface area (Å²) in [6, 6.07) is -4.52. The number of carbonyl (C=O) groups is 9. The van der Waals surface area contributed by atoms with Crippen LogP contribution in [0.4, 0.5) is 0 Å². The summed E-state index contributed by atoms with van der Waals surface area (Å²) in [4.78, 5) is 139. The van der Waals surface area contributed by atoms with Gasteiger partial charge in [-0.15, -0.1) is 0 Å². The fraction of sp³-hybridized carbons (Fsp3) is 0.407. The number of carbonyl (C=O) groups excluding carboxylic acids is 7. The van der Waals surface area contributed by atoms with Gasteiger partial charge in [-0.25, -0.2) is 9.59 Å². The van der Waals surface area contributed by atoms with Crippen LogP contribution in [0.3, 0.4) is 0 Å². The van der Waals surface area contributed by atoms with Crippen molar-refractivity contribution in [1.29, 1.82) is 0 Å². The summed E-state index contributed by atoms with van der Waals surface area (Å²) < 4.78 is 56.2. The molecule has 0 aromatic heterocycles. The van der Waals surface area contributed by atoms with Gasteiger partial charge in [0.2, 0.25) is 59.7 Å². The molecular weight excluding hydrogens is 1880 g/mol. The van der Waals surface area contributed by atoms with Crippen molar-refractivity contribution in [2.24, 2.45) is 5.92 Å². The molecule has 0 unspecified atom stereocenters. The quantitative estimate of drug-likeness (QED) is 0.0548. The van der Waals surface area contributed by atoms with Gasteiger partial charge in [0.15, 0.2) is 47.2 Å². The van der Waals surface area contributed by atoms with Gasteiger partial charge in [0.05, 0.1) is 38.3 Å². The van der Waals surface area contributed by atoms with Crippen LogP contribution >= 0.6 is 58.0 Å². The zero-order chi connectivity index (χ0) is 96.9. The third-order valence-corrected chi connectivity index (χ3v) is 24.8. The molecular formula is C86H89Cl5N8O35. The third kappa shape index (κ3) is 20.2. The van der Waals surface area contributed by atoms with Crippen LogP contribution in [0.5, 0.6) is 69.0 Å². The topological polar surface area (TPSA) is 677 Å². The molecule has 7 aromatic rings. The number of carboxylic acids is 2. The number of carboxylic acid groups (broad SMARTS) is 2. The van der Waals surface area contributed by atoms with Crippen molar-refractivity contribution in [3.63, 3.8) is 0 Å². The van der Waals surface area contributed by atoms with Gasteiger partial charge in [0.25, 0.3) is 0 Å². The average Bonchev–Trinajstić information content (AvgIpc) is 0.748. The van der Waals surface area contributed by atoms with E-state index in [1.54, 1.807) is 0 Å². The number of hydrogen-bond donors (Lipinski definition) is 25. The summed E-state index contributed by atoms with van der Waals surface area (Å²) in [5, 5.41) is 210. The molecule has 3 saturated heterocycles. The van der Waals surface area contributed by atoms with Crippen LogP contribution in [0.25, 0.3) is 11.1 Å². The highest BCUT2D eigenvalue weighted by Gasteiger charge is 2.54. The zero-order valence-corrected chi connectivity index (χ0v) is 73.7. The van der Waals surface area contributed by atoms with Crippen LogP contribution in [0.1, 0.15) is 127 Å². The number of aliphatic hydroxyl groups is 11. The van der Waals surface area contributed by atoms with E-state index in [9.17, 15) is 106 Å². The van der Waals surface area contributed by atoms with Crippen LogP contribution in [0.15, 0.2) is 97.1 Å². The molecule has 7 aromatic carbocycles. The lowest BCUT2D eigenvalue weighted by molar-refractivity contribution is -0.278. The van der Waals surface area contributed by atoms with Gasteiger partial charge >= 0.3 is 11.9 Å². The molecule has 0 spiro atoms. The molecule has 9 aliphatic rings. The number of unbranched alkanes of at least 4 members (excludes halogenated alkanes) is 2. The van der Waals surface area contributed by atoms with E-state index in [1.165, 1.54) is 19.2 Å². The lowest BCUT2D eigenvalue weighted by Crippen LogP contribution is -2.66. The molecule has 43 nitrogen and oxygen atoms in total. The van der Waals surface area contributed by atoms with Crippen LogP contribution in [0, 0.1) is 5.92 Å². The van der Waals surface area contributed by atoms with Crippen molar-refractivity contribution in [2.45, 2.75) is 193 Å². The van der Waals surface area contributed by atoms with E-state index in [-0.39, 0.29) is 29.9 Å². The number of aliphatic carboxylic acids is 2. The molecule has 9 heterocycles. The van der Waals surface area contributed by atoms with E-state index >= 15 is 24.0 Å². The number of phenolic OH excluding ortho intramolecular Hbond substituents is 4. The lowest BCUT2D eigenvalue weighted by atomic mass is 9.89. The summed E-state index contributed by atoms with van der Waals surface area (Å²) in [6.07, 6.45) is -34.5. The normalized spacial score (nSPS) is 29.3. The van der Waals surface area contributed by atoms with Gasteiger partial charge in [0.1, 0.15) is 150 Å². The number of hydrogen-bond acceptors (Lipinski definition) is 34. The summed E-state index contributed by atoms with van der Waals surface area (Å²) >= 11 is 36.3. The van der Waals surface area contributed by atoms with Crippen molar-refractivity contribution in [2.75, 3.05) is 20.3 Å². The Morgan fingerprint density at radius 3 is 1.65 bits per heavy atom. The summed E-state index contributed by atoms with van der Waals surface area (Å²) in [7, 11) is 1.32. The van der Waals surface area contributed by atoms with Crippen molar-refractivity contribution < 1.29 is 173 Å². The number of ether oxygens (including phenoxy) is 9. The molecule has 16 rings (SSSR count). The Bertz CT molecular complexity index is 5720. The standard InChI is InChI=1S/C86H89Cl5N8O35/c1-27(2)7-5-4-6-8-51(106)93-60-65(110)68(113)75(83(124)125)134-84(60)131-71-32-16-40(89)73(41(90)17-32)128-48-20-31-19-47(74(48)133-86-70(115)67(112)64(109)50(26-101)130-86)127-45-12-10-29(14-38(45)87)62(107)59-80(120)96-57(37-23-34(24-44(105)53(37)91)126-46-18-28(9-11-42(46)103)54(92-3)76(116)98-59)79(119)95-56(31)77(117)94-55-30-13-36(72(39(88)15-30)132-85-69(114)66(111)63(108)49(25-100)129-85)52-35(21-33(102)22-43(52)104)58(82(122)123)97-81(121)61(71)99-78(55)118/h9-24,27,49-50,54-71,75,84-86,92,100-105,107-115H,4-8,25-26H2,1-3H3,(H,93,106)(H,94,117)(H,95,119)(H,96,120)(H,97,121)(H,98,116)(H,99,118)(H,122,123)(H,124,125)/t49-,50-,54+,55-,56-,57+,58+,59-,60-,61+,62-,63-,64-,65-,66+,67+,68+,69-,70+,71-,75+,84+,85+,86+/m1/s1. The van der Waals surface area contributed by atoms with Gasteiger partial charge in [-0.3, -0.25) is 33.6 Å². The molecule has 48 heteroatoms. The van der Waals surface area contributed by atoms with Crippen LogP contribution < -0.4 is 66.2 Å². The first kappa shape index (κ1) is 98.8. The minimum Gasteiger partial charge on any atom is -0.508 e. The number of amides is 7. The summed E-state index contributed by atoms with van der Waals surface area (Å²) in [5.74, 6) is -23.7. The van der Waals surface area contributed by atoms with Crippen LogP contribution in [-0.4, -0.2) is 265 Å². The molecule has 134 heavy (non-hydrogen) atoms. The summed E-state index contributed by atoms with van der Waals surface area (Å²) in [5.41, 5.74) is -5.62. The van der Waals surface area contributed by atoms with Crippen molar-refractivity contribution in [3.05, 3.63) is 161 Å². The van der Waals surface area contributed by atoms with Crippen molar-refractivity contribution in [3.8, 4) is 80.1 Å². The first-order valence-corrected chi connectivity index (χ1v) is 43.2. The number of fused-ring (bicyclic) bond motifs is 14. The van der Waals surface area contributed by atoms with E-state index in [0.29, 0.717) is 25.0 Å². The maximum absolute atomic E-state index is 17.1. The molecule has 718 valence electrons. The second-order valence-corrected chi connectivity index (χ2v) is 34.8. The van der Waals surface area contributed by atoms with E-state index in [0.717, 1.165) is 79.2 Å². The van der Waals surface area contributed by atoms with Crippen molar-refractivity contribution >= 4 is 111 Å². The zero-order valence-electron chi connectivity index (χ0n) is 70.0. The fourth-order valence-corrected chi connectivity index (χ4v) is 17.6. The number of aliphatic hydroxyl groups excluding tert-OH is 11. The van der Waals surface area contributed by atoms with Gasteiger partial charge in [-0.2, -0.15) is 0 Å². The second kappa shape index (κ2) is 40.8. The molecule has 0 saturated carbocycles. The van der Waals surface area contributed by atoms with E-state index in [4.69, 9.17) is 101 Å². The Hall–Kier alpha value is -11.2. The third-order valence-electron chi connectivity index (χ3n) is 23.3. The number of aromatic hydroxyl groups is 4. The Kier molecular flexibility index (Phi) is 30.0. The maximum atomic E-state index is 17.1. The second-order valence-electron chi connectivity index (χ2n) is 32.8.